The molecule has 0 unspecified atom stereocenters. The lowest BCUT2D eigenvalue weighted by atomic mass is 10.1. The van der Waals surface area contributed by atoms with Crippen molar-refractivity contribution in [3.63, 3.8) is 0 Å². The van der Waals surface area contributed by atoms with Crippen LogP contribution in [0.3, 0.4) is 0 Å². The van der Waals surface area contributed by atoms with Gasteiger partial charge in [0.1, 0.15) is 17.5 Å². The number of amides is 2. The number of carbonyl (C=O) groups excluding carboxylic acids is 1. The van der Waals surface area contributed by atoms with Crippen molar-refractivity contribution in [3.8, 4) is 0 Å². The molecule has 7 nitrogen and oxygen atoms in total. The van der Waals surface area contributed by atoms with Crippen LogP contribution in [-0.4, -0.2) is 29.1 Å². The molecule has 0 saturated heterocycles. The average Bonchev–Trinajstić information content (AvgIpc) is 2.73. The monoisotopic (exact) mass is 418 g/mol. The van der Waals surface area contributed by atoms with Gasteiger partial charge < -0.3 is 20.9 Å². The van der Waals surface area contributed by atoms with Gasteiger partial charge in [0, 0.05) is 36.2 Å². The summed E-state index contributed by atoms with van der Waals surface area (Å²) in [7, 11) is 0. The summed E-state index contributed by atoms with van der Waals surface area (Å²) < 4.78 is 0. The third-order valence-corrected chi connectivity index (χ3v) is 5.18. The van der Waals surface area contributed by atoms with E-state index >= 15 is 0 Å². The van der Waals surface area contributed by atoms with Crippen LogP contribution in [0, 0.1) is 20.8 Å². The first-order valence-corrected chi connectivity index (χ1v) is 10.5. The molecule has 1 aromatic heterocycles. The molecule has 162 valence electrons. The van der Waals surface area contributed by atoms with Crippen molar-refractivity contribution in [1.29, 1.82) is 0 Å². The lowest BCUT2D eigenvalue weighted by Crippen LogP contribution is -2.23. The topological polar surface area (TPSA) is 82.2 Å². The summed E-state index contributed by atoms with van der Waals surface area (Å²) in [6, 6.07) is 15.0. The molecular formula is C24H30N6O. The first-order chi connectivity index (χ1) is 14.9. The van der Waals surface area contributed by atoms with E-state index in [1.165, 1.54) is 0 Å². The second-order valence-corrected chi connectivity index (χ2v) is 7.36. The molecule has 0 aliphatic carbocycles. The van der Waals surface area contributed by atoms with Crippen LogP contribution in [0.4, 0.5) is 33.5 Å². The van der Waals surface area contributed by atoms with Gasteiger partial charge in [0.05, 0.1) is 0 Å². The Morgan fingerprint density at radius 2 is 1.58 bits per heavy atom. The number of carbonyl (C=O) groups is 1. The fraction of sp³-hybridized carbons (Fsp3) is 0.292. The second kappa shape index (κ2) is 9.93. The summed E-state index contributed by atoms with van der Waals surface area (Å²) in [5.41, 5.74) is 4.58. The molecule has 0 fully saturated rings. The third-order valence-electron chi connectivity index (χ3n) is 5.18. The Morgan fingerprint density at radius 1 is 0.903 bits per heavy atom. The Kier molecular flexibility index (Phi) is 7.07. The zero-order valence-electron chi connectivity index (χ0n) is 18.8. The zero-order chi connectivity index (χ0) is 22.4. The van der Waals surface area contributed by atoms with Crippen LogP contribution < -0.4 is 20.9 Å². The van der Waals surface area contributed by atoms with Gasteiger partial charge in [0.15, 0.2) is 0 Å². The molecule has 0 bridgehead atoms. The van der Waals surface area contributed by atoms with E-state index in [0.29, 0.717) is 11.5 Å². The molecule has 3 N–H and O–H groups in total. The van der Waals surface area contributed by atoms with Crippen molar-refractivity contribution >= 4 is 34.7 Å². The van der Waals surface area contributed by atoms with E-state index in [1.54, 1.807) is 0 Å². The quantitative estimate of drug-likeness (QED) is 0.463. The summed E-state index contributed by atoms with van der Waals surface area (Å²) in [4.78, 5) is 23.6. The highest BCUT2D eigenvalue weighted by Gasteiger charge is 2.09. The smallest absolute Gasteiger partial charge is 0.323 e. The largest absolute Gasteiger partial charge is 0.357 e. The van der Waals surface area contributed by atoms with E-state index in [0.717, 1.165) is 47.2 Å². The molecule has 0 spiro atoms. The van der Waals surface area contributed by atoms with Gasteiger partial charge in [-0.1, -0.05) is 12.1 Å². The number of hydrogen-bond donors (Lipinski definition) is 3. The van der Waals surface area contributed by atoms with Crippen molar-refractivity contribution in [2.75, 3.05) is 33.9 Å². The second-order valence-electron chi connectivity index (χ2n) is 7.36. The highest BCUT2D eigenvalue weighted by atomic mass is 16.2. The van der Waals surface area contributed by atoms with Gasteiger partial charge in [-0.15, -0.1) is 0 Å². The van der Waals surface area contributed by atoms with Crippen LogP contribution in [-0.2, 0) is 0 Å². The number of nitrogens with one attached hydrogen (secondary N) is 3. The summed E-state index contributed by atoms with van der Waals surface area (Å²) in [5, 5.41) is 9.08. The first-order valence-electron chi connectivity index (χ1n) is 10.5. The van der Waals surface area contributed by atoms with Crippen LogP contribution in [0.25, 0.3) is 0 Å². The number of benzene rings is 2. The third kappa shape index (κ3) is 5.72. The van der Waals surface area contributed by atoms with Crippen molar-refractivity contribution in [1.82, 2.24) is 9.97 Å². The van der Waals surface area contributed by atoms with Gasteiger partial charge in [-0.05, 0) is 76.1 Å². The number of urea groups is 1. The molecule has 3 aromatic rings. The van der Waals surface area contributed by atoms with E-state index in [2.05, 4.69) is 44.7 Å². The number of anilines is 5. The normalized spacial score (nSPS) is 10.5. The first kappa shape index (κ1) is 22.1. The van der Waals surface area contributed by atoms with Crippen molar-refractivity contribution in [2.45, 2.75) is 34.6 Å². The molecule has 0 aliphatic rings. The highest BCUT2D eigenvalue weighted by molar-refractivity contribution is 6.00. The van der Waals surface area contributed by atoms with E-state index in [9.17, 15) is 4.79 Å². The fourth-order valence-electron chi connectivity index (χ4n) is 3.28. The SMILES string of the molecule is CCN(CC)c1cc(Nc2ccc(NC(=O)Nc3cccc(C)c3C)cc2)nc(C)n1. The standard InChI is InChI=1S/C24H30N6O/c1-6-30(7-2)23-15-22(25-18(5)26-23)27-19-11-13-20(14-12-19)28-24(31)29-21-10-8-9-16(3)17(21)4/h8-15H,6-7H2,1-5H3,(H,25,26,27)(H2,28,29,31). The van der Waals surface area contributed by atoms with Crippen molar-refractivity contribution in [3.05, 3.63) is 65.5 Å². The van der Waals surface area contributed by atoms with E-state index in [4.69, 9.17) is 0 Å². The van der Waals surface area contributed by atoms with Crippen LogP contribution in [0.15, 0.2) is 48.5 Å². The van der Waals surface area contributed by atoms with Crippen molar-refractivity contribution < 1.29 is 4.79 Å². The predicted molar refractivity (Wildman–Crippen MR) is 129 cm³/mol. The van der Waals surface area contributed by atoms with Crippen molar-refractivity contribution in [2.24, 2.45) is 0 Å². The number of aryl methyl sites for hydroxylation is 2. The Morgan fingerprint density at radius 3 is 2.26 bits per heavy atom. The predicted octanol–water partition coefficient (Wildman–Crippen LogP) is 5.64. The summed E-state index contributed by atoms with van der Waals surface area (Å²) in [5.74, 6) is 2.36. The van der Waals surface area contributed by atoms with Gasteiger partial charge in [0.25, 0.3) is 0 Å². The number of rotatable bonds is 7. The van der Waals surface area contributed by atoms with E-state index < -0.39 is 0 Å². The maximum absolute atomic E-state index is 12.4. The van der Waals surface area contributed by atoms with Crippen LogP contribution in [0.1, 0.15) is 30.8 Å². The number of hydrogen-bond acceptors (Lipinski definition) is 5. The minimum atomic E-state index is -0.273. The summed E-state index contributed by atoms with van der Waals surface area (Å²) in [6.07, 6.45) is 0. The van der Waals surface area contributed by atoms with E-state index in [-0.39, 0.29) is 6.03 Å². The lowest BCUT2D eigenvalue weighted by molar-refractivity contribution is 0.262. The van der Waals surface area contributed by atoms with Gasteiger partial charge in [-0.25, -0.2) is 14.8 Å². The summed E-state index contributed by atoms with van der Waals surface area (Å²) >= 11 is 0. The molecule has 31 heavy (non-hydrogen) atoms. The Balaban J connectivity index is 1.65. The Hall–Kier alpha value is -3.61. The zero-order valence-corrected chi connectivity index (χ0v) is 18.8. The molecule has 0 radical (unpaired) electrons. The molecule has 0 aliphatic heterocycles. The highest BCUT2D eigenvalue weighted by Crippen LogP contribution is 2.22. The molecule has 7 heteroatoms. The molecule has 1 heterocycles. The lowest BCUT2D eigenvalue weighted by Gasteiger charge is -2.20. The molecule has 2 aromatic carbocycles. The van der Waals surface area contributed by atoms with Crippen LogP contribution in [0.5, 0.6) is 0 Å². The maximum Gasteiger partial charge on any atom is 0.323 e. The van der Waals surface area contributed by atoms with Gasteiger partial charge in [0.2, 0.25) is 0 Å². The van der Waals surface area contributed by atoms with Gasteiger partial charge in [-0.3, -0.25) is 0 Å². The van der Waals surface area contributed by atoms with Gasteiger partial charge in [-0.2, -0.15) is 0 Å². The van der Waals surface area contributed by atoms with Gasteiger partial charge >= 0.3 is 6.03 Å². The van der Waals surface area contributed by atoms with E-state index in [1.807, 2.05) is 69.3 Å². The molecule has 0 saturated carbocycles. The minimum absolute atomic E-state index is 0.273. The van der Waals surface area contributed by atoms with Crippen LogP contribution in [0.2, 0.25) is 0 Å². The summed E-state index contributed by atoms with van der Waals surface area (Å²) in [6.45, 7) is 11.9. The minimum Gasteiger partial charge on any atom is -0.357 e. The fourth-order valence-corrected chi connectivity index (χ4v) is 3.28. The number of nitrogens with zero attached hydrogens (tertiary/aromatic N) is 3. The molecule has 2 amide bonds. The molecular weight excluding hydrogens is 388 g/mol. The Bertz CT molecular complexity index is 1040. The molecule has 0 atom stereocenters. The average molecular weight is 419 g/mol. The Labute approximate surface area is 183 Å². The molecule has 3 rings (SSSR count). The number of aromatic nitrogens is 2. The van der Waals surface area contributed by atoms with Crippen LogP contribution >= 0.6 is 0 Å². The maximum atomic E-state index is 12.4.